The van der Waals surface area contributed by atoms with Crippen LogP contribution < -0.4 is 15.8 Å². The minimum absolute atomic E-state index is 0.0782. The molecule has 7 heteroatoms. The van der Waals surface area contributed by atoms with Gasteiger partial charge in [0.1, 0.15) is 18.5 Å². The van der Waals surface area contributed by atoms with Crippen LogP contribution in [0.25, 0.3) is 0 Å². The van der Waals surface area contributed by atoms with Crippen LogP contribution in [0.15, 0.2) is 60.7 Å². The quantitative estimate of drug-likeness (QED) is 0.314. The van der Waals surface area contributed by atoms with Crippen LogP contribution in [0.1, 0.15) is 31.4 Å². The summed E-state index contributed by atoms with van der Waals surface area (Å²) in [5.41, 5.74) is 7.56. The number of nitrogens with two attached hydrogens (primary N) is 1. The van der Waals surface area contributed by atoms with Gasteiger partial charge in [-0.2, -0.15) is 0 Å². The Morgan fingerprint density at radius 2 is 2.03 bits per heavy atom. The molecule has 0 aliphatic rings. The fourth-order valence-corrected chi connectivity index (χ4v) is 2.95. The molecule has 30 heavy (non-hydrogen) atoms. The molecule has 0 aliphatic carbocycles. The fraction of sp³-hybridized carbons (Fsp3) is 0.348. The Kier molecular flexibility index (Phi) is 9.86. The molecule has 0 aliphatic heterocycles. The molecule has 0 radical (unpaired) electrons. The predicted molar refractivity (Wildman–Crippen MR) is 117 cm³/mol. The number of carbonyl (C=O) groups excluding carboxylic acids is 1. The third kappa shape index (κ3) is 7.51. The zero-order valence-electron chi connectivity index (χ0n) is 17.2. The maximum absolute atomic E-state index is 12.0. The standard InChI is InChI=1S/C23H30N2O5/c1-2-29-21(23(28)17-8-7-9-18(16-17)30-15-14-26)12-5-6-13-22(27)25-20-11-4-3-10-19(20)24/h3-4,6-11,13,16,21,23,26,28H,2,5,12,14-15,24H2,1H3,(H,25,27)/b13-6+/t21-,23-/m0/s1. The predicted octanol–water partition coefficient (Wildman–Crippen LogP) is 3.05. The number of anilines is 2. The van der Waals surface area contributed by atoms with E-state index in [0.29, 0.717) is 42.1 Å². The Bertz CT molecular complexity index is 825. The van der Waals surface area contributed by atoms with Crippen molar-refractivity contribution >= 4 is 17.3 Å². The number of rotatable bonds is 12. The first-order valence-electron chi connectivity index (χ1n) is 10.0. The summed E-state index contributed by atoms with van der Waals surface area (Å²) in [6.07, 6.45) is 3.02. The van der Waals surface area contributed by atoms with E-state index in [1.165, 1.54) is 6.08 Å². The average Bonchev–Trinajstić information content (AvgIpc) is 2.75. The molecule has 1 amide bonds. The summed E-state index contributed by atoms with van der Waals surface area (Å²) in [6, 6.07) is 14.1. The van der Waals surface area contributed by atoms with Crippen molar-refractivity contribution in [1.82, 2.24) is 0 Å². The molecule has 0 saturated carbocycles. The summed E-state index contributed by atoms with van der Waals surface area (Å²) in [5, 5.41) is 22.4. The molecule has 2 atom stereocenters. The van der Waals surface area contributed by atoms with Gasteiger partial charge < -0.3 is 30.7 Å². The molecule has 0 bridgehead atoms. The van der Waals surface area contributed by atoms with Crippen molar-refractivity contribution in [3.63, 3.8) is 0 Å². The van der Waals surface area contributed by atoms with Gasteiger partial charge in [-0.05, 0) is 55.7 Å². The van der Waals surface area contributed by atoms with Crippen molar-refractivity contribution < 1.29 is 24.5 Å². The lowest BCUT2D eigenvalue weighted by Gasteiger charge is -2.23. The van der Waals surface area contributed by atoms with Crippen molar-refractivity contribution in [2.24, 2.45) is 0 Å². The molecule has 5 N–H and O–H groups in total. The molecule has 0 aromatic heterocycles. The van der Waals surface area contributed by atoms with Crippen molar-refractivity contribution in [3.05, 3.63) is 66.2 Å². The number of benzene rings is 2. The van der Waals surface area contributed by atoms with Gasteiger partial charge in [-0.1, -0.05) is 30.3 Å². The Labute approximate surface area is 177 Å². The van der Waals surface area contributed by atoms with Crippen LogP contribution in [0.3, 0.4) is 0 Å². The average molecular weight is 415 g/mol. The highest BCUT2D eigenvalue weighted by molar-refractivity contribution is 6.01. The molecule has 0 heterocycles. The number of ether oxygens (including phenoxy) is 2. The zero-order valence-corrected chi connectivity index (χ0v) is 17.2. The largest absolute Gasteiger partial charge is 0.491 e. The van der Waals surface area contributed by atoms with Crippen LogP contribution in [-0.4, -0.2) is 42.0 Å². The van der Waals surface area contributed by atoms with Gasteiger partial charge in [0.2, 0.25) is 5.91 Å². The van der Waals surface area contributed by atoms with Gasteiger partial charge in [0.05, 0.1) is 24.1 Å². The van der Waals surface area contributed by atoms with Gasteiger partial charge >= 0.3 is 0 Å². The highest BCUT2D eigenvalue weighted by atomic mass is 16.5. The van der Waals surface area contributed by atoms with Crippen LogP contribution in [0.2, 0.25) is 0 Å². The van der Waals surface area contributed by atoms with E-state index >= 15 is 0 Å². The van der Waals surface area contributed by atoms with Crippen LogP contribution in [0.5, 0.6) is 5.75 Å². The number of amides is 1. The number of hydrogen-bond acceptors (Lipinski definition) is 6. The van der Waals surface area contributed by atoms with E-state index in [-0.39, 0.29) is 19.1 Å². The van der Waals surface area contributed by atoms with E-state index in [2.05, 4.69) is 5.32 Å². The van der Waals surface area contributed by atoms with Crippen molar-refractivity contribution in [2.75, 3.05) is 30.9 Å². The first-order chi connectivity index (χ1) is 14.5. The van der Waals surface area contributed by atoms with Gasteiger partial charge in [-0.3, -0.25) is 4.79 Å². The third-order valence-electron chi connectivity index (χ3n) is 4.40. The summed E-state index contributed by atoms with van der Waals surface area (Å²) in [6.45, 7) is 2.44. The second-order valence-corrected chi connectivity index (χ2v) is 6.64. The van der Waals surface area contributed by atoms with Crippen molar-refractivity contribution in [1.29, 1.82) is 0 Å². The summed E-state index contributed by atoms with van der Waals surface area (Å²) in [4.78, 5) is 12.0. The Hall–Kier alpha value is -2.87. The monoisotopic (exact) mass is 414 g/mol. The number of para-hydroxylation sites is 2. The number of carbonyl (C=O) groups is 1. The molecule has 0 saturated heterocycles. The normalized spacial score (nSPS) is 13.2. The van der Waals surface area contributed by atoms with Crippen LogP contribution in [0.4, 0.5) is 11.4 Å². The van der Waals surface area contributed by atoms with Crippen LogP contribution >= 0.6 is 0 Å². The lowest BCUT2D eigenvalue weighted by Crippen LogP contribution is -2.22. The van der Waals surface area contributed by atoms with Gasteiger partial charge in [-0.15, -0.1) is 0 Å². The summed E-state index contributed by atoms with van der Waals surface area (Å²) < 4.78 is 11.1. The highest BCUT2D eigenvalue weighted by Gasteiger charge is 2.21. The van der Waals surface area contributed by atoms with E-state index in [9.17, 15) is 9.90 Å². The molecule has 0 fully saturated rings. The van der Waals surface area contributed by atoms with Crippen molar-refractivity contribution in [3.8, 4) is 5.75 Å². The van der Waals surface area contributed by atoms with Gasteiger partial charge in [-0.25, -0.2) is 0 Å². The lowest BCUT2D eigenvalue weighted by molar-refractivity contribution is -0.111. The lowest BCUT2D eigenvalue weighted by atomic mass is 10.00. The topological polar surface area (TPSA) is 114 Å². The molecule has 2 aromatic rings. The summed E-state index contributed by atoms with van der Waals surface area (Å²) in [5.74, 6) is 0.308. The van der Waals surface area contributed by atoms with E-state index in [4.69, 9.17) is 20.3 Å². The Morgan fingerprint density at radius 3 is 2.77 bits per heavy atom. The second-order valence-electron chi connectivity index (χ2n) is 6.64. The Balaban J connectivity index is 1.91. The van der Waals surface area contributed by atoms with Crippen LogP contribution in [0, 0.1) is 0 Å². The minimum atomic E-state index is -0.839. The first-order valence-corrected chi connectivity index (χ1v) is 10.0. The molecule has 0 spiro atoms. The van der Waals surface area contributed by atoms with Gasteiger partial charge in [0.25, 0.3) is 0 Å². The van der Waals surface area contributed by atoms with E-state index < -0.39 is 12.2 Å². The molecular formula is C23H30N2O5. The number of allylic oxidation sites excluding steroid dienone is 1. The van der Waals surface area contributed by atoms with E-state index in [0.717, 1.165) is 0 Å². The third-order valence-corrected chi connectivity index (χ3v) is 4.40. The molecule has 2 aromatic carbocycles. The summed E-state index contributed by atoms with van der Waals surface area (Å²) >= 11 is 0. The van der Waals surface area contributed by atoms with Gasteiger partial charge in [0, 0.05) is 6.61 Å². The summed E-state index contributed by atoms with van der Waals surface area (Å²) in [7, 11) is 0. The van der Waals surface area contributed by atoms with Crippen LogP contribution in [-0.2, 0) is 9.53 Å². The number of nitrogen functional groups attached to an aromatic ring is 1. The maximum atomic E-state index is 12.0. The minimum Gasteiger partial charge on any atom is -0.491 e. The molecule has 162 valence electrons. The molecule has 2 rings (SSSR count). The number of hydrogen-bond donors (Lipinski definition) is 4. The van der Waals surface area contributed by atoms with E-state index in [1.54, 1.807) is 54.6 Å². The SMILES string of the molecule is CCO[C@@H](CC/C=C/C(=O)Nc1ccccc1N)[C@@H](O)c1cccc(OCCO)c1. The highest BCUT2D eigenvalue weighted by Crippen LogP contribution is 2.26. The number of nitrogens with one attached hydrogen (secondary N) is 1. The molecular weight excluding hydrogens is 384 g/mol. The zero-order chi connectivity index (χ0) is 21.8. The smallest absolute Gasteiger partial charge is 0.248 e. The Morgan fingerprint density at radius 1 is 1.23 bits per heavy atom. The fourth-order valence-electron chi connectivity index (χ4n) is 2.95. The first kappa shape index (κ1) is 23.4. The van der Waals surface area contributed by atoms with Gasteiger partial charge in [0.15, 0.2) is 0 Å². The van der Waals surface area contributed by atoms with Crippen molar-refractivity contribution in [2.45, 2.75) is 32.0 Å². The number of aliphatic hydroxyl groups excluding tert-OH is 2. The van der Waals surface area contributed by atoms with E-state index in [1.807, 2.05) is 6.92 Å². The second kappa shape index (κ2) is 12.6. The number of aliphatic hydroxyl groups is 2. The molecule has 0 unspecified atom stereocenters. The maximum Gasteiger partial charge on any atom is 0.248 e. The molecule has 7 nitrogen and oxygen atoms in total.